The molecule has 5 heteroatoms. The Morgan fingerprint density at radius 3 is 2.42 bits per heavy atom. The number of rotatable bonds is 0. The first-order valence-electron chi connectivity index (χ1n) is 9.98. The van der Waals surface area contributed by atoms with E-state index >= 15 is 0 Å². The van der Waals surface area contributed by atoms with Gasteiger partial charge in [-0.05, 0) is 44.4 Å². The second-order valence-electron chi connectivity index (χ2n) is 10.0. The highest BCUT2D eigenvalue weighted by Crippen LogP contribution is 2.65. The average Bonchev–Trinajstić information content (AvgIpc) is 2.51. The van der Waals surface area contributed by atoms with Gasteiger partial charge in [-0.1, -0.05) is 20.8 Å². The molecule has 2 aliphatic carbocycles. The van der Waals surface area contributed by atoms with Crippen molar-refractivity contribution in [3.8, 4) is 0 Å². The molecule has 2 heterocycles. The van der Waals surface area contributed by atoms with E-state index in [0.717, 1.165) is 12.8 Å². The number of ether oxygens (including phenoxy) is 2. The normalized spacial score (nSPS) is 50.1. The van der Waals surface area contributed by atoms with E-state index in [9.17, 15) is 15.0 Å². The second kappa shape index (κ2) is 5.48. The highest BCUT2D eigenvalue weighted by atomic mass is 16.7. The van der Waals surface area contributed by atoms with Crippen molar-refractivity contribution in [1.82, 2.24) is 0 Å². The molecule has 0 saturated heterocycles. The number of aliphatic hydroxyl groups excluding tert-OH is 2. The van der Waals surface area contributed by atoms with Crippen LogP contribution in [-0.2, 0) is 14.3 Å². The Balaban J connectivity index is 1.78. The molecule has 5 nitrogen and oxygen atoms in total. The predicted octanol–water partition coefficient (Wildman–Crippen LogP) is 2.94. The van der Waals surface area contributed by atoms with Crippen LogP contribution in [0.15, 0.2) is 11.5 Å². The fraction of sp³-hybridized carbons (Fsp3) is 0.857. The Labute approximate surface area is 155 Å². The summed E-state index contributed by atoms with van der Waals surface area (Å²) in [5.74, 6) is 0.724. The average molecular weight is 364 g/mol. The van der Waals surface area contributed by atoms with Crippen LogP contribution in [0.3, 0.4) is 0 Å². The van der Waals surface area contributed by atoms with E-state index in [-0.39, 0.29) is 29.1 Å². The predicted molar refractivity (Wildman–Crippen MR) is 96.0 cm³/mol. The summed E-state index contributed by atoms with van der Waals surface area (Å²) in [5, 5.41) is 21.7. The van der Waals surface area contributed by atoms with Crippen LogP contribution in [0.1, 0.15) is 66.7 Å². The third kappa shape index (κ3) is 2.26. The Bertz CT molecular complexity index is 667. The van der Waals surface area contributed by atoms with Crippen LogP contribution in [0.25, 0.3) is 0 Å². The largest absolute Gasteiger partial charge is 0.462 e. The molecular formula is C21H32O5. The summed E-state index contributed by atoms with van der Waals surface area (Å²) < 4.78 is 12.2. The molecule has 0 aromatic carbocycles. The first-order chi connectivity index (χ1) is 12.0. The van der Waals surface area contributed by atoms with Crippen LogP contribution in [0.4, 0.5) is 0 Å². The highest BCUT2D eigenvalue weighted by molar-refractivity contribution is 5.96. The fourth-order valence-electron chi connectivity index (χ4n) is 6.51. The van der Waals surface area contributed by atoms with Crippen molar-refractivity contribution in [2.75, 3.05) is 0 Å². The summed E-state index contributed by atoms with van der Waals surface area (Å²) in [6.07, 6.45) is 1.80. The SMILES string of the molecule is C[C@@H]1CC(=O)C2=C(O1)O[C@]1(C)CC[C@@H]3C(C)(C)[C@H](O)C[C@H](O)[C@@]3(C)[C@H]1C2. The zero-order valence-corrected chi connectivity index (χ0v) is 16.5. The van der Waals surface area contributed by atoms with Gasteiger partial charge in [0.2, 0.25) is 0 Å². The standard InChI is InChI=1S/C21H32O5/c1-11-8-13(22)12-9-15-20(4,26-18(12)25-11)7-6-14-19(2,3)16(23)10-17(24)21(14,15)5/h11,14-17,23-24H,6-10H2,1-5H3/t11-,14-,15+,16-,17+,20-,21-/m1/s1. The molecule has 146 valence electrons. The number of ketones is 1. The Kier molecular flexibility index (Phi) is 3.86. The second-order valence-corrected chi connectivity index (χ2v) is 10.0. The smallest absolute Gasteiger partial charge is 0.286 e. The van der Waals surface area contributed by atoms with E-state index < -0.39 is 23.2 Å². The number of carbonyl (C=O) groups excluding carboxylic acids is 1. The lowest BCUT2D eigenvalue weighted by Crippen LogP contribution is -2.67. The molecule has 0 radical (unpaired) electrons. The molecule has 0 amide bonds. The molecule has 2 saturated carbocycles. The van der Waals surface area contributed by atoms with Gasteiger partial charge in [0, 0.05) is 24.2 Å². The number of aliphatic hydroxyl groups is 2. The van der Waals surface area contributed by atoms with Crippen molar-refractivity contribution >= 4 is 5.78 Å². The molecule has 4 aliphatic rings. The highest BCUT2D eigenvalue weighted by Gasteiger charge is 2.66. The van der Waals surface area contributed by atoms with Crippen molar-refractivity contribution in [2.24, 2.45) is 22.7 Å². The Hall–Kier alpha value is -1.07. The van der Waals surface area contributed by atoms with Gasteiger partial charge >= 0.3 is 0 Å². The maximum Gasteiger partial charge on any atom is 0.286 e. The minimum absolute atomic E-state index is 0.0234. The van der Waals surface area contributed by atoms with Gasteiger partial charge in [0.25, 0.3) is 5.95 Å². The minimum atomic E-state index is -0.607. The summed E-state index contributed by atoms with van der Waals surface area (Å²) in [5.41, 5.74) is -0.479. The van der Waals surface area contributed by atoms with Gasteiger partial charge in [-0.2, -0.15) is 0 Å². The van der Waals surface area contributed by atoms with Crippen LogP contribution in [0.5, 0.6) is 0 Å². The lowest BCUT2D eigenvalue weighted by atomic mass is 9.43. The van der Waals surface area contributed by atoms with Gasteiger partial charge in [0.1, 0.15) is 11.7 Å². The molecular weight excluding hydrogens is 332 g/mol. The van der Waals surface area contributed by atoms with Gasteiger partial charge in [0.15, 0.2) is 5.78 Å². The van der Waals surface area contributed by atoms with Crippen molar-refractivity contribution in [1.29, 1.82) is 0 Å². The third-order valence-corrected chi connectivity index (χ3v) is 8.19. The van der Waals surface area contributed by atoms with E-state index in [1.165, 1.54) is 0 Å². The van der Waals surface area contributed by atoms with Crippen LogP contribution >= 0.6 is 0 Å². The molecule has 0 bridgehead atoms. The first-order valence-corrected chi connectivity index (χ1v) is 9.98. The zero-order chi connectivity index (χ0) is 19.1. The van der Waals surface area contributed by atoms with Gasteiger partial charge in [-0.25, -0.2) is 0 Å². The summed E-state index contributed by atoms with van der Waals surface area (Å²) in [4.78, 5) is 12.6. The Morgan fingerprint density at radius 1 is 1.04 bits per heavy atom. The van der Waals surface area contributed by atoms with Crippen molar-refractivity contribution in [3.05, 3.63) is 11.5 Å². The number of Topliss-reactive ketones (excluding diaryl/α,β-unsaturated/α-hetero) is 1. The summed E-state index contributed by atoms with van der Waals surface area (Å²) >= 11 is 0. The van der Waals surface area contributed by atoms with Gasteiger partial charge in [0.05, 0.1) is 17.8 Å². The summed E-state index contributed by atoms with van der Waals surface area (Å²) in [6.45, 7) is 10.4. The van der Waals surface area contributed by atoms with Gasteiger partial charge in [-0.15, -0.1) is 0 Å². The number of fused-ring (bicyclic) bond motifs is 3. The van der Waals surface area contributed by atoms with E-state index in [2.05, 4.69) is 27.7 Å². The molecule has 0 unspecified atom stereocenters. The molecule has 26 heavy (non-hydrogen) atoms. The van der Waals surface area contributed by atoms with Crippen LogP contribution in [0, 0.1) is 22.7 Å². The van der Waals surface area contributed by atoms with Gasteiger partial charge < -0.3 is 19.7 Å². The van der Waals surface area contributed by atoms with Crippen LogP contribution < -0.4 is 0 Å². The quantitative estimate of drug-likeness (QED) is 0.691. The molecule has 0 aromatic rings. The Morgan fingerprint density at radius 2 is 1.73 bits per heavy atom. The molecule has 2 aliphatic heterocycles. The van der Waals surface area contributed by atoms with E-state index in [0.29, 0.717) is 30.8 Å². The van der Waals surface area contributed by atoms with Crippen molar-refractivity contribution in [2.45, 2.75) is 90.6 Å². The number of hydrogen-bond acceptors (Lipinski definition) is 5. The lowest BCUT2D eigenvalue weighted by molar-refractivity contribution is -0.258. The zero-order valence-electron chi connectivity index (χ0n) is 16.5. The molecule has 2 fully saturated rings. The molecule has 4 rings (SSSR count). The van der Waals surface area contributed by atoms with E-state index in [4.69, 9.17) is 9.47 Å². The van der Waals surface area contributed by atoms with E-state index in [1.807, 2.05) is 6.92 Å². The van der Waals surface area contributed by atoms with Crippen molar-refractivity contribution < 1.29 is 24.5 Å². The maximum atomic E-state index is 12.6. The topological polar surface area (TPSA) is 76.0 Å². The maximum absolute atomic E-state index is 12.6. The first kappa shape index (κ1) is 18.3. The molecule has 7 atom stereocenters. The van der Waals surface area contributed by atoms with Crippen LogP contribution in [-0.4, -0.2) is 39.9 Å². The number of carbonyl (C=O) groups is 1. The number of allylic oxidation sites excluding steroid dienone is 1. The molecule has 0 spiro atoms. The van der Waals surface area contributed by atoms with Crippen LogP contribution in [0.2, 0.25) is 0 Å². The number of hydrogen-bond donors (Lipinski definition) is 2. The molecule has 0 aromatic heterocycles. The summed E-state index contributed by atoms with van der Waals surface area (Å²) in [6, 6.07) is 0. The minimum Gasteiger partial charge on any atom is -0.462 e. The lowest BCUT2D eigenvalue weighted by Gasteiger charge is -2.65. The monoisotopic (exact) mass is 364 g/mol. The fourth-order valence-corrected chi connectivity index (χ4v) is 6.51. The summed E-state index contributed by atoms with van der Waals surface area (Å²) in [7, 11) is 0. The van der Waals surface area contributed by atoms with Crippen molar-refractivity contribution in [3.63, 3.8) is 0 Å². The third-order valence-electron chi connectivity index (χ3n) is 8.19. The molecule has 2 N–H and O–H groups in total. The van der Waals surface area contributed by atoms with E-state index in [1.54, 1.807) is 0 Å². The van der Waals surface area contributed by atoms with Gasteiger partial charge in [-0.3, -0.25) is 4.79 Å².